The van der Waals surface area contributed by atoms with Gasteiger partial charge in [-0.25, -0.2) is 4.98 Å². The van der Waals surface area contributed by atoms with Crippen molar-refractivity contribution in [2.24, 2.45) is 0 Å². The highest BCUT2D eigenvalue weighted by molar-refractivity contribution is 5.44. The molecule has 1 aromatic heterocycles. The molecule has 0 aliphatic rings. The highest BCUT2D eigenvalue weighted by atomic mass is 16.3. The first-order chi connectivity index (χ1) is 6.59. The Bertz CT molecular complexity index is 300. The number of nitrogen functional groups attached to an aromatic ring is 1. The highest BCUT2D eigenvalue weighted by Gasteiger charge is 2.22. The lowest BCUT2D eigenvalue weighted by Gasteiger charge is -2.26. The topological polar surface area (TPSA) is 91.4 Å². The van der Waals surface area contributed by atoms with Crippen molar-refractivity contribution in [1.29, 1.82) is 0 Å². The van der Waals surface area contributed by atoms with Gasteiger partial charge in [0.1, 0.15) is 11.6 Å². The van der Waals surface area contributed by atoms with E-state index in [0.29, 0.717) is 11.6 Å². The number of aliphatic hydroxyl groups is 2. The molecule has 0 bridgehead atoms. The van der Waals surface area contributed by atoms with Crippen LogP contribution in [0.1, 0.15) is 6.92 Å². The summed E-state index contributed by atoms with van der Waals surface area (Å²) in [5.74, 6) is 0.934. The van der Waals surface area contributed by atoms with Crippen LogP contribution >= 0.6 is 0 Å². The summed E-state index contributed by atoms with van der Waals surface area (Å²) in [6, 6.07) is 5.14. The molecule has 0 unspecified atom stereocenters. The van der Waals surface area contributed by atoms with Gasteiger partial charge in [0.25, 0.3) is 0 Å². The van der Waals surface area contributed by atoms with E-state index in [4.69, 9.17) is 15.9 Å². The third kappa shape index (κ3) is 2.58. The summed E-state index contributed by atoms with van der Waals surface area (Å²) < 4.78 is 0. The molecule has 0 fully saturated rings. The van der Waals surface area contributed by atoms with Gasteiger partial charge in [0.2, 0.25) is 0 Å². The predicted molar refractivity (Wildman–Crippen MR) is 54.8 cm³/mol. The first-order valence-electron chi connectivity index (χ1n) is 4.32. The Morgan fingerprint density at radius 3 is 2.57 bits per heavy atom. The third-order valence-corrected chi connectivity index (χ3v) is 1.90. The van der Waals surface area contributed by atoms with Crippen molar-refractivity contribution < 1.29 is 10.2 Å². The zero-order chi connectivity index (χ0) is 10.6. The highest BCUT2D eigenvalue weighted by Crippen LogP contribution is 2.13. The second-order valence-corrected chi connectivity index (χ2v) is 3.45. The number of nitrogens with zero attached hydrogens (tertiary/aromatic N) is 1. The smallest absolute Gasteiger partial charge is 0.128 e. The van der Waals surface area contributed by atoms with Crippen LogP contribution in [0.2, 0.25) is 0 Å². The molecule has 0 saturated carbocycles. The molecule has 5 heteroatoms. The van der Waals surface area contributed by atoms with Gasteiger partial charge < -0.3 is 21.3 Å². The number of aliphatic hydroxyl groups excluding tert-OH is 2. The fraction of sp³-hybridized carbons (Fsp3) is 0.444. The van der Waals surface area contributed by atoms with E-state index in [2.05, 4.69) is 10.3 Å². The molecule has 0 atom stereocenters. The van der Waals surface area contributed by atoms with Gasteiger partial charge in [-0.2, -0.15) is 0 Å². The fourth-order valence-corrected chi connectivity index (χ4v) is 0.959. The predicted octanol–water partition coefficient (Wildman–Crippen LogP) is -0.181. The number of rotatable bonds is 4. The van der Waals surface area contributed by atoms with Crippen molar-refractivity contribution in [1.82, 2.24) is 4.98 Å². The van der Waals surface area contributed by atoms with Gasteiger partial charge in [-0.3, -0.25) is 0 Å². The van der Waals surface area contributed by atoms with Crippen LogP contribution in [0.15, 0.2) is 18.2 Å². The maximum absolute atomic E-state index is 9.03. The van der Waals surface area contributed by atoms with Crippen molar-refractivity contribution in [3.05, 3.63) is 18.2 Å². The molecule has 0 amide bonds. The Kier molecular flexibility index (Phi) is 3.27. The number of anilines is 2. The molecule has 1 rings (SSSR count). The van der Waals surface area contributed by atoms with E-state index in [1.54, 1.807) is 25.1 Å². The quantitative estimate of drug-likeness (QED) is 0.537. The van der Waals surface area contributed by atoms with Crippen molar-refractivity contribution in [2.75, 3.05) is 24.3 Å². The van der Waals surface area contributed by atoms with E-state index in [9.17, 15) is 0 Å². The number of hydrogen-bond donors (Lipinski definition) is 4. The summed E-state index contributed by atoms with van der Waals surface area (Å²) >= 11 is 0. The molecule has 0 aliphatic heterocycles. The van der Waals surface area contributed by atoms with Crippen LogP contribution in [0.3, 0.4) is 0 Å². The molecular formula is C9H15N3O2. The summed E-state index contributed by atoms with van der Waals surface area (Å²) in [7, 11) is 0. The van der Waals surface area contributed by atoms with Crippen LogP contribution in [0.4, 0.5) is 11.6 Å². The third-order valence-electron chi connectivity index (χ3n) is 1.90. The Labute approximate surface area is 82.6 Å². The van der Waals surface area contributed by atoms with Gasteiger partial charge in [0.05, 0.1) is 18.8 Å². The minimum atomic E-state index is -0.777. The van der Waals surface area contributed by atoms with Crippen LogP contribution in [-0.4, -0.2) is 33.9 Å². The van der Waals surface area contributed by atoms with Crippen molar-refractivity contribution in [3.8, 4) is 0 Å². The average molecular weight is 197 g/mol. The normalized spacial score (nSPS) is 11.4. The van der Waals surface area contributed by atoms with Crippen LogP contribution in [0.25, 0.3) is 0 Å². The van der Waals surface area contributed by atoms with Gasteiger partial charge in [-0.1, -0.05) is 6.07 Å². The molecule has 14 heavy (non-hydrogen) atoms. The SMILES string of the molecule is CC(CO)(CO)Nc1cccc(N)n1. The Morgan fingerprint density at radius 1 is 1.43 bits per heavy atom. The first-order valence-corrected chi connectivity index (χ1v) is 4.32. The number of nitrogens with one attached hydrogen (secondary N) is 1. The second-order valence-electron chi connectivity index (χ2n) is 3.45. The summed E-state index contributed by atoms with van der Waals surface area (Å²) in [6.07, 6.45) is 0. The zero-order valence-corrected chi connectivity index (χ0v) is 8.07. The largest absolute Gasteiger partial charge is 0.394 e. The standard InChI is InChI=1S/C9H15N3O2/c1-9(5-13,6-14)12-8-4-2-3-7(10)11-8/h2-4,13-14H,5-6H2,1H3,(H3,10,11,12). The average Bonchev–Trinajstić information content (AvgIpc) is 2.18. The summed E-state index contributed by atoms with van der Waals surface area (Å²) in [5.41, 5.74) is 4.71. The van der Waals surface area contributed by atoms with E-state index in [-0.39, 0.29) is 13.2 Å². The van der Waals surface area contributed by atoms with E-state index in [1.807, 2.05) is 0 Å². The summed E-state index contributed by atoms with van der Waals surface area (Å²) in [6.45, 7) is 1.33. The molecule has 0 spiro atoms. The van der Waals surface area contributed by atoms with Crippen molar-refractivity contribution in [3.63, 3.8) is 0 Å². The molecule has 0 aliphatic carbocycles. The lowest BCUT2D eigenvalue weighted by Crippen LogP contribution is -2.42. The summed E-state index contributed by atoms with van der Waals surface area (Å²) in [5, 5.41) is 21.0. The van der Waals surface area contributed by atoms with Gasteiger partial charge in [0.15, 0.2) is 0 Å². The van der Waals surface area contributed by atoms with Crippen LogP contribution in [0.5, 0.6) is 0 Å². The minimum Gasteiger partial charge on any atom is -0.394 e. The number of hydrogen-bond acceptors (Lipinski definition) is 5. The van der Waals surface area contributed by atoms with Crippen LogP contribution < -0.4 is 11.1 Å². The number of aromatic nitrogens is 1. The van der Waals surface area contributed by atoms with Gasteiger partial charge in [-0.05, 0) is 19.1 Å². The molecule has 0 aromatic carbocycles. The number of nitrogens with two attached hydrogens (primary N) is 1. The number of pyridine rings is 1. The van der Waals surface area contributed by atoms with Crippen LogP contribution in [-0.2, 0) is 0 Å². The molecule has 1 heterocycles. The molecule has 5 nitrogen and oxygen atoms in total. The maximum Gasteiger partial charge on any atom is 0.128 e. The fourth-order valence-electron chi connectivity index (χ4n) is 0.959. The van der Waals surface area contributed by atoms with Gasteiger partial charge in [0, 0.05) is 0 Å². The molecule has 78 valence electrons. The zero-order valence-electron chi connectivity index (χ0n) is 8.07. The monoisotopic (exact) mass is 197 g/mol. The molecule has 0 radical (unpaired) electrons. The maximum atomic E-state index is 9.03. The van der Waals surface area contributed by atoms with Gasteiger partial charge in [-0.15, -0.1) is 0 Å². The Balaban J connectivity index is 2.77. The molecule has 0 saturated heterocycles. The van der Waals surface area contributed by atoms with Crippen molar-refractivity contribution in [2.45, 2.75) is 12.5 Å². The molecule has 1 aromatic rings. The van der Waals surface area contributed by atoms with E-state index in [0.717, 1.165) is 0 Å². The Hall–Kier alpha value is -1.33. The van der Waals surface area contributed by atoms with E-state index >= 15 is 0 Å². The Morgan fingerprint density at radius 2 is 2.07 bits per heavy atom. The summed E-state index contributed by atoms with van der Waals surface area (Å²) in [4.78, 5) is 4.00. The van der Waals surface area contributed by atoms with Crippen LogP contribution in [0, 0.1) is 0 Å². The van der Waals surface area contributed by atoms with E-state index < -0.39 is 5.54 Å². The first kappa shape index (κ1) is 10.7. The van der Waals surface area contributed by atoms with E-state index in [1.165, 1.54) is 0 Å². The lowest BCUT2D eigenvalue weighted by atomic mass is 10.1. The molecular weight excluding hydrogens is 182 g/mol. The lowest BCUT2D eigenvalue weighted by molar-refractivity contribution is 0.147. The van der Waals surface area contributed by atoms with Crippen molar-refractivity contribution >= 4 is 11.6 Å². The second kappa shape index (κ2) is 4.26. The molecule has 5 N–H and O–H groups in total. The van der Waals surface area contributed by atoms with Gasteiger partial charge >= 0.3 is 0 Å². The minimum absolute atomic E-state index is 0.181.